The van der Waals surface area contributed by atoms with E-state index in [-0.39, 0.29) is 23.6 Å². The molecular weight excluding hydrogens is 577 g/mol. The molecule has 3 heterocycles. The molecule has 2 saturated heterocycles. The number of pyridine rings is 1. The summed E-state index contributed by atoms with van der Waals surface area (Å²) >= 11 is 6.71. The zero-order valence-electron chi connectivity index (χ0n) is 25.4. The number of piperidine rings is 1. The SMILES string of the molecule is CC(C)(C)[Si](O[C@H]1COC[C@@]1(C)N1CCC(c2cc3cc(N)ncc3cc2Cl)[C@H](F)C1)(c1ccccc1)c1ccccc1. The Kier molecular flexibility index (Phi) is 8.15. The number of nitrogen functional groups attached to an aromatic ring is 1. The predicted molar refractivity (Wildman–Crippen MR) is 177 cm³/mol. The van der Waals surface area contributed by atoms with E-state index in [1.807, 2.05) is 18.2 Å². The van der Waals surface area contributed by atoms with Crippen LogP contribution in [0.5, 0.6) is 0 Å². The number of hydrogen-bond acceptors (Lipinski definition) is 5. The van der Waals surface area contributed by atoms with Gasteiger partial charge in [-0.2, -0.15) is 0 Å². The summed E-state index contributed by atoms with van der Waals surface area (Å²) in [6.45, 7) is 11.0. The molecule has 2 aliphatic heterocycles. The largest absolute Gasteiger partial charge is 0.400 e. The first-order valence-electron chi connectivity index (χ1n) is 15.1. The van der Waals surface area contributed by atoms with Gasteiger partial charge >= 0.3 is 0 Å². The first-order valence-corrected chi connectivity index (χ1v) is 17.4. The van der Waals surface area contributed by atoms with E-state index in [1.54, 1.807) is 6.20 Å². The number of nitrogens with zero attached hydrogens (tertiary/aromatic N) is 2. The lowest BCUT2D eigenvalue weighted by atomic mass is 9.84. The van der Waals surface area contributed by atoms with Gasteiger partial charge in [-0.3, -0.25) is 4.90 Å². The van der Waals surface area contributed by atoms with Gasteiger partial charge in [0.2, 0.25) is 0 Å². The molecule has 2 N–H and O–H groups in total. The fourth-order valence-corrected chi connectivity index (χ4v) is 12.3. The second-order valence-corrected chi connectivity index (χ2v) is 18.0. The second-order valence-electron chi connectivity index (χ2n) is 13.3. The Morgan fingerprint density at radius 3 is 2.28 bits per heavy atom. The Bertz CT molecular complexity index is 1550. The number of benzene rings is 3. The minimum absolute atomic E-state index is 0.166. The number of likely N-dealkylation sites (tertiary alicyclic amines) is 1. The minimum Gasteiger partial charge on any atom is -0.400 e. The Morgan fingerprint density at radius 2 is 1.67 bits per heavy atom. The minimum atomic E-state index is -2.82. The Morgan fingerprint density at radius 1 is 1.02 bits per heavy atom. The van der Waals surface area contributed by atoms with Crippen LogP contribution in [0.4, 0.5) is 10.2 Å². The summed E-state index contributed by atoms with van der Waals surface area (Å²) in [4.78, 5) is 6.44. The van der Waals surface area contributed by atoms with E-state index in [0.29, 0.717) is 30.5 Å². The summed E-state index contributed by atoms with van der Waals surface area (Å²) in [6.07, 6.45) is 1.05. The van der Waals surface area contributed by atoms with Crippen LogP contribution in [0.2, 0.25) is 10.1 Å². The molecule has 0 saturated carbocycles. The van der Waals surface area contributed by atoms with Crippen molar-refractivity contribution in [1.82, 2.24) is 9.88 Å². The van der Waals surface area contributed by atoms with Crippen LogP contribution in [0.15, 0.2) is 85.1 Å². The number of halogens is 2. The lowest BCUT2D eigenvalue weighted by molar-refractivity contribution is -0.0183. The zero-order chi connectivity index (χ0) is 30.4. The van der Waals surface area contributed by atoms with Crippen LogP contribution < -0.4 is 16.1 Å². The van der Waals surface area contributed by atoms with Gasteiger partial charge in [0.1, 0.15) is 12.0 Å². The summed E-state index contributed by atoms with van der Waals surface area (Å²) < 4.78 is 30.0. The maximum atomic E-state index is 16.2. The summed E-state index contributed by atoms with van der Waals surface area (Å²) in [5.41, 5.74) is 6.29. The van der Waals surface area contributed by atoms with Gasteiger partial charge in [0.15, 0.2) is 0 Å². The molecule has 2 fully saturated rings. The Balaban J connectivity index is 1.31. The predicted octanol–water partition coefficient (Wildman–Crippen LogP) is 6.33. The summed E-state index contributed by atoms with van der Waals surface area (Å²) in [5, 5.41) is 4.69. The fraction of sp³-hybridized carbons (Fsp3) is 0.400. The van der Waals surface area contributed by atoms with Crippen LogP contribution in [0.25, 0.3) is 10.8 Å². The van der Waals surface area contributed by atoms with Crippen LogP contribution in [0.3, 0.4) is 0 Å². The van der Waals surface area contributed by atoms with E-state index >= 15 is 4.39 Å². The Hall–Kier alpha value is -2.81. The molecular formula is C35H41ClFN3O2Si. The van der Waals surface area contributed by atoms with Gasteiger partial charge in [-0.05, 0) is 64.4 Å². The van der Waals surface area contributed by atoms with Crippen LogP contribution in [0.1, 0.15) is 45.6 Å². The third-order valence-corrected chi connectivity index (χ3v) is 15.0. The number of hydrogen-bond donors (Lipinski definition) is 1. The lowest BCUT2D eigenvalue weighted by Crippen LogP contribution is -2.71. The molecule has 226 valence electrons. The highest BCUT2D eigenvalue weighted by atomic mass is 35.5. The topological polar surface area (TPSA) is 60.6 Å². The average molecular weight is 618 g/mol. The average Bonchev–Trinajstić information content (AvgIpc) is 3.36. The smallest absolute Gasteiger partial charge is 0.261 e. The standard InChI is InChI=1S/C35H41ClFN3O2Si/c1-34(2,3)43(26-11-7-5-8-12-26,27-13-9-6-10-14-27)42-32-22-41-23-35(32,4)40-16-15-28(31(37)21-40)29-17-24-19-33(38)39-20-25(24)18-30(29)36/h5-14,17-20,28,31-32H,15-16,21-23H2,1-4H3,(H2,38,39)/t28?,31-,32+,35-/m1/s1. The van der Waals surface area contributed by atoms with E-state index in [2.05, 4.69) is 98.2 Å². The van der Waals surface area contributed by atoms with Crippen LogP contribution in [-0.4, -0.2) is 62.3 Å². The normalized spacial score (nSPS) is 25.3. The number of aromatic nitrogens is 1. The first kappa shape index (κ1) is 30.2. The number of ether oxygens (including phenoxy) is 1. The van der Waals surface area contributed by atoms with Crippen molar-refractivity contribution < 1.29 is 13.6 Å². The molecule has 3 aromatic carbocycles. The van der Waals surface area contributed by atoms with E-state index in [1.165, 1.54) is 10.4 Å². The fourth-order valence-electron chi connectivity index (χ4n) is 7.21. The maximum Gasteiger partial charge on any atom is 0.261 e. The second kappa shape index (κ2) is 11.6. The van der Waals surface area contributed by atoms with Crippen molar-refractivity contribution in [2.45, 2.75) is 62.9 Å². The van der Waals surface area contributed by atoms with Crippen molar-refractivity contribution >= 4 is 46.9 Å². The summed E-state index contributed by atoms with van der Waals surface area (Å²) in [7, 11) is -2.82. The molecule has 0 bridgehead atoms. The van der Waals surface area contributed by atoms with Crippen molar-refractivity contribution in [3.8, 4) is 0 Å². The molecule has 0 spiro atoms. The van der Waals surface area contributed by atoms with Crippen LogP contribution in [-0.2, 0) is 9.16 Å². The molecule has 1 aromatic heterocycles. The molecule has 4 atom stereocenters. The van der Waals surface area contributed by atoms with Gasteiger partial charge in [-0.1, -0.05) is 93.0 Å². The molecule has 6 rings (SSSR count). The maximum absolute atomic E-state index is 16.2. The lowest BCUT2D eigenvalue weighted by Gasteiger charge is -2.50. The van der Waals surface area contributed by atoms with E-state index in [0.717, 1.165) is 22.9 Å². The van der Waals surface area contributed by atoms with Gasteiger partial charge in [-0.15, -0.1) is 0 Å². The molecule has 4 aromatic rings. The summed E-state index contributed by atoms with van der Waals surface area (Å²) in [6, 6.07) is 27.0. The van der Waals surface area contributed by atoms with E-state index in [9.17, 15) is 0 Å². The number of fused-ring (bicyclic) bond motifs is 1. The molecule has 2 aliphatic rings. The van der Waals surface area contributed by atoms with Crippen molar-refractivity contribution in [1.29, 1.82) is 0 Å². The zero-order valence-corrected chi connectivity index (χ0v) is 27.2. The Labute approximate surface area is 260 Å². The van der Waals surface area contributed by atoms with E-state index in [4.69, 9.17) is 26.5 Å². The molecule has 8 heteroatoms. The van der Waals surface area contributed by atoms with Crippen LogP contribution in [0, 0.1) is 0 Å². The monoisotopic (exact) mass is 617 g/mol. The highest BCUT2D eigenvalue weighted by molar-refractivity contribution is 6.99. The highest BCUT2D eigenvalue weighted by Gasteiger charge is 2.56. The van der Waals surface area contributed by atoms with Crippen LogP contribution >= 0.6 is 11.6 Å². The number of anilines is 1. The van der Waals surface area contributed by atoms with Gasteiger partial charge in [-0.25, -0.2) is 9.37 Å². The van der Waals surface area contributed by atoms with Crippen molar-refractivity contribution in [2.75, 3.05) is 32.0 Å². The third-order valence-electron chi connectivity index (χ3n) is 9.61. The number of nitrogens with two attached hydrogens (primary N) is 1. The molecule has 5 nitrogen and oxygen atoms in total. The molecule has 43 heavy (non-hydrogen) atoms. The van der Waals surface area contributed by atoms with Gasteiger partial charge in [0.25, 0.3) is 8.32 Å². The molecule has 0 radical (unpaired) electrons. The van der Waals surface area contributed by atoms with E-state index < -0.39 is 20.0 Å². The third kappa shape index (κ3) is 5.40. The van der Waals surface area contributed by atoms with Crippen molar-refractivity contribution in [2.24, 2.45) is 0 Å². The molecule has 0 aliphatic carbocycles. The van der Waals surface area contributed by atoms with Gasteiger partial charge in [0, 0.05) is 29.1 Å². The van der Waals surface area contributed by atoms with Gasteiger partial charge in [0.05, 0.1) is 24.9 Å². The number of rotatable bonds is 6. The molecule has 1 unspecified atom stereocenters. The molecule has 0 amide bonds. The number of alkyl halides is 1. The van der Waals surface area contributed by atoms with Crippen molar-refractivity contribution in [3.63, 3.8) is 0 Å². The quantitative estimate of drug-likeness (QED) is 0.256. The van der Waals surface area contributed by atoms with Gasteiger partial charge < -0.3 is 14.9 Å². The highest BCUT2D eigenvalue weighted by Crippen LogP contribution is 2.43. The van der Waals surface area contributed by atoms with Crippen molar-refractivity contribution in [3.05, 3.63) is 95.6 Å². The first-order chi connectivity index (χ1) is 20.5. The summed E-state index contributed by atoms with van der Waals surface area (Å²) in [5.74, 6) is 0.137.